The molecule has 0 aromatic carbocycles. The molecule has 0 amide bonds. The molecule has 0 bridgehead atoms. The van der Waals surface area contributed by atoms with Crippen molar-refractivity contribution in [2.24, 2.45) is 0 Å². The van der Waals surface area contributed by atoms with Crippen LogP contribution in [-0.4, -0.2) is 12.1 Å². The minimum atomic E-state index is -0.648. The van der Waals surface area contributed by atoms with Gasteiger partial charge in [-0.1, -0.05) is 0 Å². The Hall–Kier alpha value is -1.92. The number of nitrogens with one attached hydrogen (secondary N) is 3. The highest BCUT2D eigenvalue weighted by molar-refractivity contribution is 5.25. The van der Waals surface area contributed by atoms with Gasteiger partial charge in [-0.05, 0) is 13.0 Å². The van der Waals surface area contributed by atoms with Crippen molar-refractivity contribution in [1.29, 1.82) is 0 Å². The SMILES string of the molecule is COC1=C(N[N+](=O)[O-])C=C(C)NN1. The number of nitro groups is 1. The van der Waals surface area contributed by atoms with E-state index >= 15 is 0 Å². The van der Waals surface area contributed by atoms with Gasteiger partial charge in [-0.15, -0.1) is 5.43 Å². The highest BCUT2D eigenvalue weighted by atomic mass is 16.7. The molecule has 1 aliphatic rings. The molecule has 0 unspecified atom stereocenters. The first-order valence-electron chi connectivity index (χ1n) is 3.53. The Morgan fingerprint density at radius 3 is 2.85 bits per heavy atom. The van der Waals surface area contributed by atoms with Gasteiger partial charge in [0.05, 0.1) is 7.11 Å². The maximum Gasteiger partial charge on any atom is 0.235 e. The van der Waals surface area contributed by atoms with Crippen LogP contribution in [0, 0.1) is 10.1 Å². The zero-order valence-corrected chi connectivity index (χ0v) is 7.25. The van der Waals surface area contributed by atoms with Crippen molar-refractivity contribution in [2.45, 2.75) is 6.92 Å². The number of hydrazine groups is 2. The van der Waals surface area contributed by atoms with E-state index in [1.54, 1.807) is 13.0 Å². The monoisotopic (exact) mass is 186 g/mol. The zero-order chi connectivity index (χ0) is 9.84. The summed E-state index contributed by atoms with van der Waals surface area (Å²) in [5, 5.41) is 9.52. The van der Waals surface area contributed by atoms with Crippen LogP contribution in [0.4, 0.5) is 0 Å². The Morgan fingerprint density at radius 1 is 1.62 bits per heavy atom. The van der Waals surface area contributed by atoms with Gasteiger partial charge in [-0.25, -0.2) is 10.1 Å². The van der Waals surface area contributed by atoms with E-state index in [1.807, 2.05) is 5.43 Å². The molecular formula is C6H10N4O3. The summed E-state index contributed by atoms with van der Waals surface area (Å²) in [6.07, 6.45) is 1.57. The van der Waals surface area contributed by atoms with E-state index in [0.717, 1.165) is 5.70 Å². The van der Waals surface area contributed by atoms with E-state index < -0.39 is 5.03 Å². The van der Waals surface area contributed by atoms with Gasteiger partial charge < -0.3 is 10.2 Å². The average molecular weight is 186 g/mol. The van der Waals surface area contributed by atoms with Gasteiger partial charge in [-0.3, -0.25) is 5.43 Å². The topological polar surface area (TPSA) is 88.5 Å². The molecule has 13 heavy (non-hydrogen) atoms. The molecule has 72 valence electrons. The third-order valence-electron chi connectivity index (χ3n) is 1.39. The summed E-state index contributed by atoms with van der Waals surface area (Å²) in [7, 11) is 1.42. The average Bonchev–Trinajstić information content (AvgIpc) is 2.03. The molecule has 0 aromatic heterocycles. The molecule has 3 N–H and O–H groups in total. The number of rotatable bonds is 3. The van der Waals surface area contributed by atoms with Gasteiger partial charge in [-0.2, -0.15) is 0 Å². The number of allylic oxidation sites excluding steroid dienone is 2. The van der Waals surface area contributed by atoms with Crippen LogP contribution in [0.1, 0.15) is 6.92 Å². The van der Waals surface area contributed by atoms with E-state index in [0.29, 0.717) is 0 Å². The molecule has 7 nitrogen and oxygen atoms in total. The van der Waals surface area contributed by atoms with Crippen molar-refractivity contribution in [2.75, 3.05) is 7.11 Å². The highest BCUT2D eigenvalue weighted by Crippen LogP contribution is 2.06. The van der Waals surface area contributed by atoms with Crippen molar-refractivity contribution in [1.82, 2.24) is 16.3 Å². The second kappa shape index (κ2) is 3.65. The Morgan fingerprint density at radius 2 is 2.31 bits per heavy atom. The van der Waals surface area contributed by atoms with Crippen molar-refractivity contribution < 1.29 is 9.77 Å². The lowest BCUT2D eigenvalue weighted by Gasteiger charge is -2.18. The summed E-state index contributed by atoms with van der Waals surface area (Å²) >= 11 is 0. The molecule has 1 rings (SSSR count). The molecule has 0 saturated carbocycles. The van der Waals surface area contributed by atoms with Gasteiger partial charge in [0, 0.05) is 5.70 Å². The lowest BCUT2D eigenvalue weighted by molar-refractivity contribution is -0.535. The Labute approximate surface area is 74.5 Å². The van der Waals surface area contributed by atoms with Crippen LogP contribution >= 0.6 is 0 Å². The van der Waals surface area contributed by atoms with Gasteiger partial charge in [0.25, 0.3) is 0 Å². The largest absolute Gasteiger partial charge is 0.480 e. The number of hydrogen-bond acceptors (Lipinski definition) is 5. The predicted octanol–water partition coefficient (Wildman–Crippen LogP) is -0.405. The number of methoxy groups -OCH3 is 1. The third kappa shape index (κ3) is 2.26. The number of hydrogen-bond donors (Lipinski definition) is 3. The highest BCUT2D eigenvalue weighted by Gasteiger charge is 2.14. The van der Waals surface area contributed by atoms with Crippen molar-refractivity contribution >= 4 is 0 Å². The minimum Gasteiger partial charge on any atom is -0.480 e. The molecule has 0 fully saturated rings. The van der Waals surface area contributed by atoms with Crippen LogP contribution in [-0.2, 0) is 4.74 Å². The number of nitrogens with zero attached hydrogens (tertiary/aromatic N) is 1. The Balaban J connectivity index is 2.84. The standard InChI is InChI=1S/C6H10N4O3/c1-4-3-5(9-10(11)12)6(13-2)8-7-4/h3,7-9H,1-2H3. The Kier molecular flexibility index (Phi) is 2.58. The van der Waals surface area contributed by atoms with Crippen LogP contribution < -0.4 is 16.3 Å². The lowest BCUT2D eigenvalue weighted by Crippen LogP contribution is -2.37. The van der Waals surface area contributed by atoms with E-state index in [4.69, 9.17) is 4.74 Å². The van der Waals surface area contributed by atoms with Crippen LogP contribution in [0.2, 0.25) is 0 Å². The van der Waals surface area contributed by atoms with E-state index in [9.17, 15) is 10.1 Å². The smallest absolute Gasteiger partial charge is 0.235 e. The summed E-state index contributed by atoms with van der Waals surface area (Å²) in [6, 6.07) is 0. The molecule has 0 aromatic rings. The molecule has 1 aliphatic heterocycles. The van der Waals surface area contributed by atoms with Crippen LogP contribution in [0.15, 0.2) is 23.4 Å². The summed E-state index contributed by atoms with van der Waals surface area (Å²) in [5.74, 6) is 0.280. The molecule has 7 heteroatoms. The molecule has 0 saturated heterocycles. The molecule has 0 spiro atoms. The van der Waals surface area contributed by atoms with Gasteiger partial charge >= 0.3 is 0 Å². The summed E-state index contributed by atoms with van der Waals surface area (Å²) in [4.78, 5) is 10.2. The zero-order valence-electron chi connectivity index (χ0n) is 7.25. The number of ether oxygens (including phenoxy) is 1. The van der Waals surface area contributed by atoms with E-state index in [1.165, 1.54) is 7.11 Å². The molecule has 0 radical (unpaired) electrons. The second-order valence-corrected chi connectivity index (χ2v) is 2.39. The third-order valence-corrected chi connectivity index (χ3v) is 1.39. The molecule has 0 aliphatic carbocycles. The lowest BCUT2D eigenvalue weighted by atomic mass is 10.3. The van der Waals surface area contributed by atoms with E-state index in [-0.39, 0.29) is 11.6 Å². The van der Waals surface area contributed by atoms with Gasteiger partial charge in [0.15, 0.2) is 10.7 Å². The fourth-order valence-electron chi connectivity index (χ4n) is 0.883. The fraction of sp³-hybridized carbons (Fsp3) is 0.333. The minimum absolute atomic E-state index is 0.280. The van der Waals surface area contributed by atoms with E-state index in [2.05, 4.69) is 10.9 Å². The quantitative estimate of drug-likeness (QED) is 0.410. The molecular weight excluding hydrogens is 176 g/mol. The van der Waals surface area contributed by atoms with Crippen molar-refractivity contribution in [3.05, 3.63) is 33.5 Å². The maximum atomic E-state index is 10.2. The van der Waals surface area contributed by atoms with Crippen LogP contribution in [0.25, 0.3) is 0 Å². The molecule has 1 heterocycles. The summed E-state index contributed by atoms with van der Waals surface area (Å²) < 4.78 is 4.85. The fourth-order valence-corrected chi connectivity index (χ4v) is 0.883. The predicted molar refractivity (Wildman–Crippen MR) is 44.2 cm³/mol. The first kappa shape index (κ1) is 9.17. The van der Waals surface area contributed by atoms with Crippen molar-refractivity contribution in [3.63, 3.8) is 0 Å². The maximum absolute atomic E-state index is 10.2. The van der Waals surface area contributed by atoms with Crippen LogP contribution in [0.5, 0.6) is 0 Å². The Bertz CT molecular complexity index is 284. The second-order valence-electron chi connectivity index (χ2n) is 2.39. The van der Waals surface area contributed by atoms with Gasteiger partial charge in [0.1, 0.15) is 0 Å². The summed E-state index contributed by atoms with van der Waals surface area (Å²) in [5.41, 5.74) is 8.45. The molecule has 0 atom stereocenters. The normalized spacial score (nSPS) is 15.4. The first-order valence-corrected chi connectivity index (χ1v) is 3.53. The van der Waals surface area contributed by atoms with Crippen molar-refractivity contribution in [3.8, 4) is 0 Å². The van der Waals surface area contributed by atoms with Gasteiger partial charge in [0.2, 0.25) is 5.88 Å². The van der Waals surface area contributed by atoms with Crippen LogP contribution in [0.3, 0.4) is 0 Å². The first-order chi connectivity index (χ1) is 6.13. The summed E-state index contributed by atoms with van der Waals surface area (Å²) in [6.45, 7) is 1.76.